The molecule has 19 heavy (non-hydrogen) atoms. The lowest BCUT2D eigenvalue weighted by atomic mass is 9.80. The van der Waals surface area contributed by atoms with Crippen molar-refractivity contribution in [2.75, 3.05) is 6.54 Å². The number of carbonyl (C=O) groups is 1. The van der Waals surface area contributed by atoms with Crippen molar-refractivity contribution in [2.24, 2.45) is 11.8 Å². The molecule has 2 rings (SSSR count). The van der Waals surface area contributed by atoms with E-state index in [1.54, 1.807) is 0 Å². The summed E-state index contributed by atoms with van der Waals surface area (Å²) in [7, 11) is 0. The topological polar surface area (TPSA) is 41.1 Å². The Bertz CT molecular complexity index is 276. The van der Waals surface area contributed by atoms with Gasteiger partial charge in [-0.1, -0.05) is 20.3 Å². The Morgan fingerprint density at radius 2 is 1.89 bits per heavy atom. The van der Waals surface area contributed by atoms with Gasteiger partial charge in [0.15, 0.2) is 0 Å². The lowest BCUT2D eigenvalue weighted by molar-refractivity contribution is -0.122. The van der Waals surface area contributed by atoms with Crippen LogP contribution in [0.25, 0.3) is 0 Å². The molecule has 1 saturated heterocycles. The summed E-state index contributed by atoms with van der Waals surface area (Å²) in [5.74, 6) is 1.78. The fraction of sp³-hybridized carbons (Fsp3) is 0.938. The molecule has 110 valence electrons. The minimum absolute atomic E-state index is 0.263. The molecule has 3 atom stereocenters. The molecule has 2 fully saturated rings. The molecule has 2 N–H and O–H groups in total. The summed E-state index contributed by atoms with van der Waals surface area (Å²) in [5.41, 5.74) is 0. The monoisotopic (exact) mass is 266 g/mol. The molecule has 3 nitrogen and oxygen atoms in total. The third-order valence-electron chi connectivity index (χ3n) is 4.68. The van der Waals surface area contributed by atoms with Crippen molar-refractivity contribution in [1.82, 2.24) is 10.6 Å². The van der Waals surface area contributed by atoms with Crippen molar-refractivity contribution >= 4 is 5.91 Å². The van der Waals surface area contributed by atoms with Crippen LogP contribution in [0.5, 0.6) is 0 Å². The molecule has 0 bridgehead atoms. The second-order valence-corrected chi connectivity index (χ2v) is 6.87. The Kier molecular flexibility index (Phi) is 5.68. The minimum Gasteiger partial charge on any atom is -0.353 e. The number of amides is 1. The summed E-state index contributed by atoms with van der Waals surface area (Å²) in [6.07, 6.45) is 9.19. The maximum Gasteiger partial charge on any atom is 0.220 e. The molecule has 0 spiro atoms. The summed E-state index contributed by atoms with van der Waals surface area (Å²) in [5, 5.41) is 6.76. The summed E-state index contributed by atoms with van der Waals surface area (Å²) in [4.78, 5) is 12.0. The van der Waals surface area contributed by atoms with Gasteiger partial charge in [0.25, 0.3) is 0 Å². The molecular formula is C16H30N2O. The van der Waals surface area contributed by atoms with E-state index in [0.717, 1.165) is 37.6 Å². The van der Waals surface area contributed by atoms with Crippen LogP contribution in [0.1, 0.15) is 65.2 Å². The number of hydrogen-bond acceptors (Lipinski definition) is 2. The smallest absolute Gasteiger partial charge is 0.220 e. The van der Waals surface area contributed by atoms with E-state index in [-0.39, 0.29) is 5.91 Å². The Morgan fingerprint density at radius 1 is 1.16 bits per heavy atom. The standard InChI is InChI=1S/C16H30N2O/c1-12-9-13(2)11-15(10-12)18-16(19)7-6-14-5-3-4-8-17-14/h12-15,17H,3-11H2,1-2H3,(H,18,19). The van der Waals surface area contributed by atoms with Gasteiger partial charge in [-0.05, 0) is 56.9 Å². The predicted molar refractivity (Wildman–Crippen MR) is 79.0 cm³/mol. The van der Waals surface area contributed by atoms with Crippen LogP contribution < -0.4 is 10.6 Å². The van der Waals surface area contributed by atoms with E-state index in [1.165, 1.54) is 25.7 Å². The SMILES string of the molecule is CC1CC(C)CC(NC(=O)CCC2CCCCN2)C1. The molecule has 0 aromatic carbocycles. The molecular weight excluding hydrogens is 236 g/mol. The van der Waals surface area contributed by atoms with Crippen molar-refractivity contribution in [3.8, 4) is 0 Å². The number of hydrogen-bond donors (Lipinski definition) is 2. The van der Waals surface area contributed by atoms with Crippen molar-refractivity contribution in [3.63, 3.8) is 0 Å². The van der Waals surface area contributed by atoms with Gasteiger partial charge in [0.1, 0.15) is 0 Å². The zero-order valence-corrected chi connectivity index (χ0v) is 12.6. The number of piperidine rings is 1. The third kappa shape index (κ3) is 5.13. The molecule has 0 radical (unpaired) electrons. The maximum absolute atomic E-state index is 12.0. The quantitative estimate of drug-likeness (QED) is 0.821. The molecule has 3 unspecified atom stereocenters. The summed E-state index contributed by atoms with van der Waals surface area (Å²) >= 11 is 0. The van der Waals surface area contributed by atoms with Gasteiger partial charge in [-0.2, -0.15) is 0 Å². The van der Waals surface area contributed by atoms with E-state index >= 15 is 0 Å². The van der Waals surface area contributed by atoms with Gasteiger partial charge in [-0.15, -0.1) is 0 Å². The van der Waals surface area contributed by atoms with Crippen molar-refractivity contribution in [1.29, 1.82) is 0 Å². The van der Waals surface area contributed by atoms with Gasteiger partial charge in [0.2, 0.25) is 5.91 Å². The largest absolute Gasteiger partial charge is 0.353 e. The van der Waals surface area contributed by atoms with E-state index in [4.69, 9.17) is 0 Å². The zero-order valence-electron chi connectivity index (χ0n) is 12.6. The molecule has 1 saturated carbocycles. The van der Waals surface area contributed by atoms with Crippen LogP contribution in [-0.2, 0) is 4.79 Å². The first-order chi connectivity index (χ1) is 9.13. The number of nitrogens with one attached hydrogen (secondary N) is 2. The Labute approximate surface area is 117 Å². The van der Waals surface area contributed by atoms with Gasteiger partial charge in [0.05, 0.1) is 0 Å². The van der Waals surface area contributed by atoms with Gasteiger partial charge in [0, 0.05) is 18.5 Å². The molecule has 1 amide bonds. The van der Waals surface area contributed by atoms with E-state index in [9.17, 15) is 4.79 Å². The Balaban J connectivity index is 1.65. The van der Waals surface area contributed by atoms with Crippen LogP contribution in [0.15, 0.2) is 0 Å². The van der Waals surface area contributed by atoms with Crippen LogP contribution in [0.4, 0.5) is 0 Å². The molecule has 3 heteroatoms. The fourth-order valence-corrected chi connectivity index (χ4v) is 3.84. The first-order valence-electron chi connectivity index (χ1n) is 8.16. The summed E-state index contributed by atoms with van der Waals surface area (Å²) in [6, 6.07) is 0.995. The highest BCUT2D eigenvalue weighted by Crippen LogP contribution is 2.28. The maximum atomic E-state index is 12.0. The highest BCUT2D eigenvalue weighted by atomic mass is 16.1. The lowest BCUT2D eigenvalue weighted by Gasteiger charge is -2.32. The van der Waals surface area contributed by atoms with Crippen LogP contribution in [-0.4, -0.2) is 24.5 Å². The van der Waals surface area contributed by atoms with Crippen LogP contribution in [0.3, 0.4) is 0 Å². The minimum atomic E-state index is 0.263. The first kappa shape index (κ1) is 14.8. The van der Waals surface area contributed by atoms with Crippen molar-refractivity contribution < 1.29 is 4.79 Å². The van der Waals surface area contributed by atoms with E-state index < -0.39 is 0 Å². The zero-order chi connectivity index (χ0) is 13.7. The second kappa shape index (κ2) is 7.28. The Morgan fingerprint density at radius 3 is 2.53 bits per heavy atom. The average Bonchev–Trinajstić information content (AvgIpc) is 2.36. The Hall–Kier alpha value is -0.570. The molecule has 0 aromatic heterocycles. The van der Waals surface area contributed by atoms with Crippen LogP contribution >= 0.6 is 0 Å². The van der Waals surface area contributed by atoms with E-state index in [1.807, 2.05) is 0 Å². The van der Waals surface area contributed by atoms with Crippen LogP contribution in [0.2, 0.25) is 0 Å². The van der Waals surface area contributed by atoms with Crippen LogP contribution in [0, 0.1) is 11.8 Å². The molecule has 2 aliphatic rings. The molecule has 1 aliphatic heterocycles. The van der Waals surface area contributed by atoms with Gasteiger partial charge in [-0.25, -0.2) is 0 Å². The van der Waals surface area contributed by atoms with E-state index in [0.29, 0.717) is 18.5 Å². The summed E-state index contributed by atoms with van der Waals surface area (Å²) < 4.78 is 0. The highest BCUT2D eigenvalue weighted by molar-refractivity contribution is 5.76. The van der Waals surface area contributed by atoms with E-state index in [2.05, 4.69) is 24.5 Å². The third-order valence-corrected chi connectivity index (χ3v) is 4.68. The van der Waals surface area contributed by atoms with Crippen molar-refractivity contribution in [3.05, 3.63) is 0 Å². The molecule has 1 aliphatic carbocycles. The number of rotatable bonds is 4. The highest BCUT2D eigenvalue weighted by Gasteiger charge is 2.25. The number of carbonyl (C=O) groups excluding carboxylic acids is 1. The van der Waals surface area contributed by atoms with Gasteiger partial charge in [-0.3, -0.25) is 4.79 Å². The van der Waals surface area contributed by atoms with Crippen molar-refractivity contribution in [2.45, 2.75) is 77.3 Å². The molecule has 0 aromatic rings. The predicted octanol–water partition coefficient (Wildman–Crippen LogP) is 2.85. The van der Waals surface area contributed by atoms with Gasteiger partial charge >= 0.3 is 0 Å². The first-order valence-corrected chi connectivity index (χ1v) is 8.16. The second-order valence-electron chi connectivity index (χ2n) is 6.87. The molecule has 1 heterocycles. The fourth-order valence-electron chi connectivity index (χ4n) is 3.84. The van der Waals surface area contributed by atoms with Gasteiger partial charge < -0.3 is 10.6 Å². The normalized spacial score (nSPS) is 35.9. The summed E-state index contributed by atoms with van der Waals surface area (Å²) in [6.45, 7) is 5.74. The lowest BCUT2D eigenvalue weighted by Crippen LogP contribution is -2.41. The average molecular weight is 266 g/mol.